The Kier molecular flexibility index (Phi) is 3.94. The number of nitrogens with zero attached hydrogens (tertiary/aromatic N) is 2. The van der Waals surface area contributed by atoms with Gasteiger partial charge < -0.3 is 19.3 Å². The van der Waals surface area contributed by atoms with Gasteiger partial charge in [0.2, 0.25) is 6.79 Å². The van der Waals surface area contributed by atoms with E-state index in [0.717, 1.165) is 55.1 Å². The van der Waals surface area contributed by atoms with Crippen molar-refractivity contribution in [2.24, 2.45) is 0 Å². The molecule has 0 atom stereocenters. The number of ether oxygens (including phenoxy) is 2. The Morgan fingerprint density at radius 1 is 1.11 bits per heavy atom. The molecule has 2 N–H and O–H groups in total. The van der Waals surface area contributed by atoms with Gasteiger partial charge in [0.1, 0.15) is 6.54 Å². The first-order chi connectivity index (χ1) is 13.3. The van der Waals surface area contributed by atoms with Crippen molar-refractivity contribution in [1.29, 1.82) is 0 Å². The lowest BCUT2D eigenvalue weighted by molar-refractivity contribution is -0.917. The van der Waals surface area contributed by atoms with Crippen molar-refractivity contribution in [1.82, 2.24) is 15.1 Å². The topological polar surface area (TPSA) is 71.9 Å². The quantitative estimate of drug-likeness (QED) is 0.721. The number of aromatic nitrogens is 2. The number of aromatic amines is 1. The summed E-state index contributed by atoms with van der Waals surface area (Å²) in [5.41, 5.74) is 2.64. The second-order valence-corrected chi connectivity index (χ2v) is 7.02. The van der Waals surface area contributed by atoms with Gasteiger partial charge in [0.05, 0.1) is 31.7 Å². The van der Waals surface area contributed by atoms with E-state index in [9.17, 15) is 4.79 Å². The number of para-hydroxylation sites is 1. The molecule has 0 radical (unpaired) electrons. The summed E-state index contributed by atoms with van der Waals surface area (Å²) in [6, 6.07) is 13.9. The first kappa shape index (κ1) is 16.1. The molecule has 27 heavy (non-hydrogen) atoms. The molecule has 5 rings (SSSR count). The molecule has 1 amide bonds. The summed E-state index contributed by atoms with van der Waals surface area (Å²) in [5, 5.41) is 8.07. The monoisotopic (exact) mass is 365 g/mol. The Morgan fingerprint density at radius 2 is 1.93 bits per heavy atom. The molecule has 0 bridgehead atoms. The molecular formula is C20H21N4O3+. The molecule has 2 aromatic carbocycles. The third-order valence-electron chi connectivity index (χ3n) is 5.32. The molecule has 3 heterocycles. The van der Waals surface area contributed by atoms with Crippen LogP contribution in [0.5, 0.6) is 11.5 Å². The van der Waals surface area contributed by atoms with Crippen LogP contribution in [-0.4, -0.2) is 54.0 Å². The van der Waals surface area contributed by atoms with Crippen LogP contribution in [0.25, 0.3) is 10.9 Å². The van der Waals surface area contributed by atoms with E-state index in [-0.39, 0.29) is 5.91 Å². The third kappa shape index (κ3) is 3.00. The number of hydrogen-bond donors (Lipinski definition) is 2. The van der Waals surface area contributed by atoms with Gasteiger partial charge in [-0.15, -0.1) is 0 Å². The fourth-order valence-electron chi connectivity index (χ4n) is 3.82. The van der Waals surface area contributed by atoms with Gasteiger partial charge in [0.15, 0.2) is 17.2 Å². The number of carbonyl (C=O) groups excluding carboxylic acids is 1. The van der Waals surface area contributed by atoms with Crippen LogP contribution in [0, 0.1) is 0 Å². The van der Waals surface area contributed by atoms with Crippen molar-refractivity contribution in [2.75, 3.05) is 33.0 Å². The van der Waals surface area contributed by atoms with Crippen molar-refractivity contribution in [2.45, 2.75) is 6.54 Å². The summed E-state index contributed by atoms with van der Waals surface area (Å²) in [7, 11) is 0. The fourth-order valence-corrected chi connectivity index (χ4v) is 3.82. The second-order valence-electron chi connectivity index (χ2n) is 7.02. The zero-order valence-corrected chi connectivity index (χ0v) is 14.9. The first-order valence-electron chi connectivity index (χ1n) is 9.22. The Morgan fingerprint density at radius 3 is 2.81 bits per heavy atom. The van der Waals surface area contributed by atoms with Crippen molar-refractivity contribution in [3.63, 3.8) is 0 Å². The molecule has 7 nitrogen and oxygen atoms in total. The standard InChI is InChI=1S/C20H20N4O3/c25-20(19-15-3-1-2-4-16(15)21-22-19)24-9-7-23(8-10-24)12-14-5-6-17-18(11-14)27-13-26-17/h1-6,11H,7-10,12-13H2,(H,21,22)/p+1. The van der Waals surface area contributed by atoms with Gasteiger partial charge in [0, 0.05) is 10.9 Å². The maximum absolute atomic E-state index is 12.9. The van der Waals surface area contributed by atoms with Crippen LogP contribution in [-0.2, 0) is 6.54 Å². The molecule has 0 spiro atoms. The largest absolute Gasteiger partial charge is 0.454 e. The summed E-state index contributed by atoms with van der Waals surface area (Å²) in [5.74, 6) is 1.65. The molecule has 0 saturated carbocycles. The minimum absolute atomic E-state index is 0.00887. The number of benzene rings is 2. The smallest absolute Gasteiger partial charge is 0.275 e. The van der Waals surface area contributed by atoms with E-state index in [4.69, 9.17) is 9.47 Å². The van der Waals surface area contributed by atoms with E-state index in [1.165, 1.54) is 10.5 Å². The molecule has 1 saturated heterocycles. The van der Waals surface area contributed by atoms with Gasteiger partial charge >= 0.3 is 0 Å². The predicted octanol–water partition coefficient (Wildman–Crippen LogP) is 0.832. The van der Waals surface area contributed by atoms with E-state index in [1.54, 1.807) is 0 Å². The van der Waals surface area contributed by atoms with Gasteiger partial charge in [0.25, 0.3) is 5.91 Å². The highest BCUT2D eigenvalue weighted by atomic mass is 16.7. The van der Waals surface area contributed by atoms with E-state index in [1.807, 2.05) is 35.2 Å². The summed E-state index contributed by atoms with van der Waals surface area (Å²) < 4.78 is 10.8. The van der Waals surface area contributed by atoms with E-state index < -0.39 is 0 Å². The minimum atomic E-state index is 0.00887. The zero-order valence-electron chi connectivity index (χ0n) is 14.9. The molecule has 3 aromatic rings. The van der Waals surface area contributed by atoms with E-state index in [2.05, 4.69) is 22.3 Å². The number of amides is 1. The molecule has 0 aliphatic carbocycles. The number of fused-ring (bicyclic) bond motifs is 2. The minimum Gasteiger partial charge on any atom is -0.454 e. The highest BCUT2D eigenvalue weighted by molar-refractivity contribution is 6.04. The number of hydrogen-bond acceptors (Lipinski definition) is 4. The number of quaternary nitrogens is 1. The van der Waals surface area contributed by atoms with Crippen LogP contribution in [0.3, 0.4) is 0 Å². The van der Waals surface area contributed by atoms with E-state index >= 15 is 0 Å². The highest BCUT2D eigenvalue weighted by Gasteiger charge is 2.27. The van der Waals surface area contributed by atoms with Gasteiger partial charge in [-0.1, -0.05) is 18.2 Å². The van der Waals surface area contributed by atoms with Crippen molar-refractivity contribution in [3.8, 4) is 11.5 Å². The van der Waals surface area contributed by atoms with Gasteiger partial charge in [-0.2, -0.15) is 5.10 Å². The van der Waals surface area contributed by atoms with Crippen LogP contribution in [0.2, 0.25) is 0 Å². The number of carbonyl (C=O) groups is 1. The fraction of sp³-hybridized carbons (Fsp3) is 0.300. The van der Waals surface area contributed by atoms with Crippen LogP contribution < -0.4 is 14.4 Å². The maximum Gasteiger partial charge on any atom is 0.275 e. The normalized spacial score (nSPS) is 16.8. The molecule has 1 fully saturated rings. The molecular weight excluding hydrogens is 344 g/mol. The first-order valence-corrected chi connectivity index (χ1v) is 9.22. The Bertz CT molecular complexity index is 992. The number of nitrogens with one attached hydrogen (secondary N) is 2. The van der Waals surface area contributed by atoms with Crippen LogP contribution in [0.15, 0.2) is 42.5 Å². The molecule has 7 heteroatoms. The lowest BCUT2D eigenvalue weighted by Crippen LogP contribution is -3.13. The Hall–Kier alpha value is -3.06. The summed E-state index contributed by atoms with van der Waals surface area (Å²) in [4.78, 5) is 16.2. The third-order valence-corrected chi connectivity index (χ3v) is 5.32. The van der Waals surface area contributed by atoms with Crippen molar-refractivity contribution >= 4 is 16.8 Å². The SMILES string of the molecule is O=C(c1n[nH]c2ccccc12)N1CC[NH+](Cc2ccc3c(c2)OCO3)CC1. The maximum atomic E-state index is 12.9. The number of piperazine rings is 1. The zero-order chi connectivity index (χ0) is 18.2. The van der Waals surface area contributed by atoms with Crippen LogP contribution in [0.4, 0.5) is 0 Å². The highest BCUT2D eigenvalue weighted by Crippen LogP contribution is 2.32. The Labute approximate surface area is 156 Å². The van der Waals surface area contributed by atoms with Gasteiger partial charge in [-0.25, -0.2) is 0 Å². The van der Waals surface area contributed by atoms with Crippen LogP contribution >= 0.6 is 0 Å². The number of H-pyrrole nitrogens is 1. The second kappa shape index (κ2) is 6.59. The number of rotatable bonds is 3. The van der Waals surface area contributed by atoms with Crippen molar-refractivity contribution in [3.05, 3.63) is 53.7 Å². The van der Waals surface area contributed by atoms with E-state index in [0.29, 0.717) is 12.5 Å². The average Bonchev–Trinajstić information content (AvgIpc) is 3.34. The van der Waals surface area contributed by atoms with Gasteiger partial charge in [-0.05, 0) is 24.3 Å². The molecule has 138 valence electrons. The lowest BCUT2D eigenvalue weighted by Gasteiger charge is -2.32. The predicted molar refractivity (Wildman–Crippen MR) is 99.0 cm³/mol. The summed E-state index contributed by atoms with van der Waals surface area (Å²) >= 11 is 0. The molecule has 0 unspecified atom stereocenters. The van der Waals surface area contributed by atoms with Gasteiger partial charge in [-0.3, -0.25) is 9.89 Å². The molecule has 2 aliphatic heterocycles. The summed E-state index contributed by atoms with van der Waals surface area (Å²) in [6.07, 6.45) is 0. The van der Waals surface area contributed by atoms with Crippen molar-refractivity contribution < 1.29 is 19.2 Å². The van der Waals surface area contributed by atoms with Crippen LogP contribution in [0.1, 0.15) is 16.1 Å². The molecule has 1 aromatic heterocycles. The lowest BCUT2D eigenvalue weighted by atomic mass is 10.1. The Balaban J connectivity index is 1.23. The summed E-state index contributed by atoms with van der Waals surface area (Å²) in [6.45, 7) is 4.53. The molecule has 2 aliphatic rings. The average molecular weight is 365 g/mol.